The third-order valence-electron chi connectivity index (χ3n) is 3.90. The third kappa shape index (κ3) is 3.76. The first-order valence-electron chi connectivity index (χ1n) is 6.55. The van der Waals surface area contributed by atoms with Gasteiger partial charge >= 0.3 is 0 Å². The molecule has 0 amide bonds. The molecule has 15 heavy (non-hydrogen) atoms. The van der Waals surface area contributed by atoms with Crippen molar-refractivity contribution in [1.82, 2.24) is 4.90 Å². The lowest BCUT2D eigenvalue weighted by Gasteiger charge is -2.37. The maximum atomic E-state index is 5.84. The number of hydrogen-bond acceptors (Lipinski definition) is 2. The van der Waals surface area contributed by atoms with Crippen molar-refractivity contribution in [2.45, 2.75) is 58.4 Å². The minimum atomic E-state index is 0.196. The van der Waals surface area contributed by atoms with Gasteiger partial charge in [-0.3, -0.25) is 4.90 Å². The zero-order chi connectivity index (χ0) is 11.3. The van der Waals surface area contributed by atoms with Crippen LogP contribution in [0.15, 0.2) is 0 Å². The van der Waals surface area contributed by atoms with Gasteiger partial charge in [0, 0.05) is 12.1 Å². The number of hydrogen-bond donors (Lipinski definition) is 1. The second-order valence-corrected chi connectivity index (χ2v) is 5.59. The van der Waals surface area contributed by atoms with Crippen molar-refractivity contribution in [3.8, 4) is 0 Å². The van der Waals surface area contributed by atoms with Crippen molar-refractivity contribution in [2.24, 2.45) is 11.7 Å². The second kappa shape index (κ2) is 5.86. The van der Waals surface area contributed by atoms with E-state index in [4.69, 9.17) is 5.73 Å². The quantitative estimate of drug-likeness (QED) is 0.776. The van der Waals surface area contributed by atoms with Crippen LogP contribution in [0.4, 0.5) is 0 Å². The molecule has 1 atom stereocenters. The highest BCUT2D eigenvalue weighted by molar-refractivity contribution is 4.84. The lowest BCUT2D eigenvalue weighted by molar-refractivity contribution is 0.130. The zero-order valence-electron chi connectivity index (χ0n) is 10.8. The maximum Gasteiger partial charge on any atom is 0.0275 e. The summed E-state index contributed by atoms with van der Waals surface area (Å²) in [5.41, 5.74) is 6.04. The van der Waals surface area contributed by atoms with Crippen LogP contribution in [0, 0.1) is 5.92 Å². The summed E-state index contributed by atoms with van der Waals surface area (Å²) in [4.78, 5) is 2.59. The van der Waals surface area contributed by atoms with Crippen LogP contribution in [-0.4, -0.2) is 30.1 Å². The van der Waals surface area contributed by atoms with Gasteiger partial charge in [-0.2, -0.15) is 0 Å². The molecule has 1 aliphatic heterocycles. The Bertz CT molecular complexity index is 177. The summed E-state index contributed by atoms with van der Waals surface area (Å²) in [7, 11) is 0. The van der Waals surface area contributed by atoms with E-state index < -0.39 is 0 Å². The predicted molar refractivity (Wildman–Crippen MR) is 67.0 cm³/mol. The molecule has 2 heteroatoms. The molecule has 0 bridgehead atoms. The van der Waals surface area contributed by atoms with Gasteiger partial charge in [0.15, 0.2) is 0 Å². The van der Waals surface area contributed by atoms with Crippen LogP contribution in [0.5, 0.6) is 0 Å². The van der Waals surface area contributed by atoms with Crippen LogP contribution in [0.3, 0.4) is 0 Å². The monoisotopic (exact) mass is 212 g/mol. The fourth-order valence-electron chi connectivity index (χ4n) is 2.60. The van der Waals surface area contributed by atoms with Crippen LogP contribution in [-0.2, 0) is 0 Å². The van der Waals surface area contributed by atoms with Gasteiger partial charge < -0.3 is 5.73 Å². The molecule has 90 valence electrons. The molecule has 0 spiro atoms. The average molecular weight is 212 g/mol. The van der Waals surface area contributed by atoms with E-state index in [0.717, 1.165) is 12.5 Å². The molecule has 0 aromatic rings. The van der Waals surface area contributed by atoms with E-state index in [1.807, 2.05) is 0 Å². The lowest BCUT2D eigenvalue weighted by Crippen LogP contribution is -2.49. The first kappa shape index (κ1) is 13.0. The van der Waals surface area contributed by atoms with E-state index in [-0.39, 0.29) is 5.54 Å². The van der Waals surface area contributed by atoms with E-state index in [2.05, 4.69) is 25.7 Å². The Morgan fingerprint density at radius 1 is 1.27 bits per heavy atom. The van der Waals surface area contributed by atoms with Crippen molar-refractivity contribution < 1.29 is 0 Å². The molecular formula is C13H28N2. The Morgan fingerprint density at radius 3 is 2.60 bits per heavy atom. The van der Waals surface area contributed by atoms with Gasteiger partial charge in [0.25, 0.3) is 0 Å². The SMILES string of the molecule is CCCC1CCCN(C(C)(C)CN)CC1. The van der Waals surface area contributed by atoms with E-state index in [1.54, 1.807) is 0 Å². The zero-order valence-corrected chi connectivity index (χ0v) is 10.8. The summed E-state index contributed by atoms with van der Waals surface area (Å²) >= 11 is 0. The Kier molecular flexibility index (Phi) is 5.07. The van der Waals surface area contributed by atoms with Crippen molar-refractivity contribution in [3.63, 3.8) is 0 Å². The van der Waals surface area contributed by atoms with E-state index in [9.17, 15) is 0 Å². The van der Waals surface area contributed by atoms with E-state index in [1.165, 1.54) is 45.2 Å². The molecule has 0 aromatic carbocycles. The summed E-state index contributed by atoms with van der Waals surface area (Å²) in [5, 5.41) is 0. The Balaban J connectivity index is 2.45. The third-order valence-corrected chi connectivity index (χ3v) is 3.90. The van der Waals surface area contributed by atoms with Crippen LogP contribution in [0.25, 0.3) is 0 Å². The average Bonchev–Trinajstić information content (AvgIpc) is 2.44. The Hall–Kier alpha value is -0.0800. The van der Waals surface area contributed by atoms with Crippen molar-refractivity contribution in [2.75, 3.05) is 19.6 Å². The molecule has 1 aliphatic rings. The van der Waals surface area contributed by atoms with Crippen molar-refractivity contribution in [3.05, 3.63) is 0 Å². The summed E-state index contributed by atoms with van der Waals surface area (Å²) in [6.45, 7) is 10.1. The van der Waals surface area contributed by atoms with Crippen LogP contribution in [0.1, 0.15) is 52.9 Å². The summed E-state index contributed by atoms with van der Waals surface area (Å²) in [5.74, 6) is 0.966. The molecule has 1 saturated heterocycles. The molecule has 0 radical (unpaired) electrons. The van der Waals surface area contributed by atoms with Gasteiger partial charge in [-0.15, -0.1) is 0 Å². The first-order valence-corrected chi connectivity index (χ1v) is 6.55. The van der Waals surface area contributed by atoms with Crippen LogP contribution < -0.4 is 5.73 Å². The second-order valence-electron chi connectivity index (χ2n) is 5.59. The molecule has 1 unspecified atom stereocenters. The fraction of sp³-hybridized carbons (Fsp3) is 1.00. The standard InChI is InChI=1S/C13H28N2/c1-4-6-12-7-5-9-15(10-8-12)13(2,3)11-14/h12H,4-11,14H2,1-3H3. The smallest absolute Gasteiger partial charge is 0.0275 e. The van der Waals surface area contributed by atoms with Gasteiger partial charge in [0.05, 0.1) is 0 Å². The molecular weight excluding hydrogens is 184 g/mol. The summed E-state index contributed by atoms with van der Waals surface area (Å²) < 4.78 is 0. The van der Waals surface area contributed by atoms with Crippen LogP contribution >= 0.6 is 0 Å². The van der Waals surface area contributed by atoms with Crippen LogP contribution in [0.2, 0.25) is 0 Å². The molecule has 1 fully saturated rings. The van der Waals surface area contributed by atoms with Gasteiger partial charge in [0.2, 0.25) is 0 Å². The Morgan fingerprint density at radius 2 is 2.00 bits per heavy atom. The number of likely N-dealkylation sites (tertiary alicyclic amines) is 1. The van der Waals surface area contributed by atoms with E-state index in [0.29, 0.717) is 0 Å². The maximum absolute atomic E-state index is 5.84. The van der Waals surface area contributed by atoms with Crippen molar-refractivity contribution in [1.29, 1.82) is 0 Å². The molecule has 0 aromatic heterocycles. The summed E-state index contributed by atoms with van der Waals surface area (Å²) in [6, 6.07) is 0. The minimum Gasteiger partial charge on any atom is -0.329 e. The predicted octanol–water partition coefficient (Wildman–Crippen LogP) is 2.63. The fourth-order valence-corrected chi connectivity index (χ4v) is 2.60. The molecule has 1 heterocycles. The molecule has 1 rings (SSSR count). The highest BCUT2D eigenvalue weighted by atomic mass is 15.2. The topological polar surface area (TPSA) is 29.3 Å². The van der Waals surface area contributed by atoms with Gasteiger partial charge in [-0.1, -0.05) is 19.8 Å². The van der Waals surface area contributed by atoms with Gasteiger partial charge in [-0.25, -0.2) is 0 Å². The lowest BCUT2D eigenvalue weighted by atomic mass is 9.96. The summed E-state index contributed by atoms with van der Waals surface area (Å²) in [6.07, 6.45) is 6.90. The van der Waals surface area contributed by atoms with Gasteiger partial charge in [0.1, 0.15) is 0 Å². The highest BCUT2D eigenvalue weighted by Crippen LogP contribution is 2.25. The van der Waals surface area contributed by atoms with Gasteiger partial charge in [-0.05, 0) is 52.1 Å². The Labute approximate surface area is 95.2 Å². The molecule has 2 N–H and O–H groups in total. The van der Waals surface area contributed by atoms with E-state index >= 15 is 0 Å². The molecule has 0 saturated carbocycles. The number of rotatable bonds is 4. The number of nitrogens with two attached hydrogens (primary N) is 1. The normalized spacial score (nSPS) is 25.2. The largest absolute Gasteiger partial charge is 0.329 e. The highest BCUT2D eigenvalue weighted by Gasteiger charge is 2.27. The van der Waals surface area contributed by atoms with Crippen molar-refractivity contribution >= 4 is 0 Å². The molecule has 0 aliphatic carbocycles. The molecule has 2 nitrogen and oxygen atoms in total. The number of nitrogens with zero attached hydrogens (tertiary/aromatic N) is 1. The first-order chi connectivity index (χ1) is 7.10. The minimum absolute atomic E-state index is 0.196.